The average molecular weight is 263 g/mol. The van der Waals surface area contributed by atoms with Gasteiger partial charge in [0.25, 0.3) is 0 Å². The van der Waals surface area contributed by atoms with Crippen LogP contribution in [0.5, 0.6) is 0 Å². The molecule has 0 aromatic carbocycles. The summed E-state index contributed by atoms with van der Waals surface area (Å²) < 4.78 is 4.14. The van der Waals surface area contributed by atoms with E-state index in [1.54, 1.807) is 0 Å². The van der Waals surface area contributed by atoms with Crippen molar-refractivity contribution in [3.63, 3.8) is 0 Å². The van der Waals surface area contributed by atoms with Crippen LogP contribution in [-0.4, -0.2) is 19.3 Å². The predicted molar refractivity (Wildman–Crippen MR) is 79.1 cm³/mol. The van der Waals surface area contributed by atoms with Gasteiger partial charge in [-0.3, -0.25) is 4.57 Å². The topological polar surface area (TPSA) is 61.7 Å². The summed E-state index contributed by atoms with van der Waals surface area (Å²) in [7, 11) is 0. The van der Waals surface area contributed by atoms with Gasteiger partial charge in [-0.25, -0.2) is 9.67 Å². The van der Waals surface area contributed by atoms with Crippen LogP contribution in [0.2, 0.25) is 0 Å². The number of fused-ring (bicyclic) bond motifs is 1. The molecular weight excluding hydrogens is 238 g/mol. The molecule has 0 aliphatic rings. The number of hydrogen-bond acceptors (Lipinski definition) is 3. The van der Waals surface area contributed by atoms with E-state index in [0.717, 1.165) is 29.8 Å². The van der Waals surface area contributed by atoms with Crippen LogP contribution in [0.3, 0.4) is 0 Å². The first-order valence-electron chi connectivity index (χ1n) is 7.16. The number of rotatable bonds is 5. The fraction of sp³-hybridized carbons (Fsp3) is 0.714. The van der Waals surface area contributed by atoms with Gasteiger partial charge in [0.1, 0.15) is 5.52 Å². The van der Waals surface area contributed by atoms with Gasteiger partial charge in [0.05, 0.1) is 5.69 Å². The molecule has 0 radical (unpaired) electrons. The molecule has 2 heterocycles. The Labute approximate surface area is 114 Å². The van der Waals surface area contributed by atoms with Gasteiger partial charge in [-0.2, -0.15) is 5.10 Å². The van der Waals surface area contributed by atoms with Crippen molar-refractivity contribution >= 4 is 17.1 Å². The molecule has 0 aliphatic carbocycles. The van der Waals surface area contributed by atoms with E-state index in [-0.39, 0.29) is 0 Å². The molecule has 0 saturated carbocycles. The summed E-state index contributed by atoms with van der Waals surface area (Å²) >= 11 is 0. The Bertz CT molecular complexity index is 564. The SMILES string of the molecule is CCn1nc(C)c2nc(N)n(C(C)CCC(C)C)c21. The van der Waals surface area contributed by atoms with Gasteiger partial charge in [0.15, 0.2) is 5.65 Å². The Morgan fingerprint density at radius 2 is 1.89 bits per heavy atom. The summed E-state index contributed by atoms with van der Waals surface area (Å²) in [4.78, 5) is 4.49. The van der Waals surface area contributed by atoms with Crippen LogP contribution < -0.4 is 5.73 Å². The summed E-state index contributed by atoms with van der Waals surface area (Å²) in [5.41, 5.74) is 9.07. The molecular formula is C14H25N5. The monoisotopic (exact) mass is 263 g/mol. The highest BCUT2D eigenvalue weighted by Gasteiger charge is 2.20. The molecule has 2 aromatic rings. The Kier molecular flexibility index (Phi) is 3.83. The number of nitrogen functional groups attached to an aromatic ring is 1. The van der Waals surface area contributed by atoms with Crippen LogP contribution in [0.1, 0.15) is 52.3 Å². The molecule has 0 fully saturated rings. The summed E-state index contributed by atoms with van der Waals surface area (Å²) in [6, 6.07) is 0.355. The predicted octanol–water partition coefficient (Wildman–Crippen LogP) is 3.14. The Morgan fingerprint density at radius 3 is 2.47 bits per heavy atom. The van der Waals surface area contributed by atoms with E-state index in [2.05, 4.69) is 42.3 Å². The van der Waals surface area contributed by atoms with Crippen molar-refractivity contribution in [1.82, 2.24) is 19.3 Å². The maximum Gasteiger partial charge on any atom is 0.202 e. The highest BCUT2D eigenvalue weighted by molar-refractivity contribution is 5.77. The lowest BCUT2D eigenvalue weighted by Gasteiger charge is -2.17. The molecule has 1 atom stereocenters. The van der Waals surface area contributed by atoms with Crippen molar-refractivity contribution in [3.05, 3.63) is 5.69 Å². The molecule has 0 saturated heterocycles. The standard InChI is InChI=1S/C14H25N5/c1-6-18-13-12(11(5)17-18)16-14(15)19(13)10(4)8-7-9(2)3/h9-10H,6-8H2,1-5H3,(H2,15,16). The number of nitrogens with two attached hydrogens (primary N) is 1. The highest BCUT2D eigenvalue weighted by Crippen LogP contribution is 2.28. The number of nitrogens with zero attached hydrogens (tertiary/aromatic N) is 4. The van der Waals surface area contributed by atoms with E-state index in [4.69, 9.17) is 5.73 Å². The summed E-state index contributed by atoms with van der Waals surface area (Å²) in [6.07, 6.45) is 2.31. The summed E-state index contributed by atoms with van der Waals surface area (Å²) in [6.45, 7) is 11.6. The van der Waals surface area contributed by atoms with Gasteiger partial charge in [0.2, 0.25) is 5.95 Å². The maximum absolute atomic E-state index is 6.11. The number of aryl methyl sites for hydroxylation is 2. The average Bonchev–Trinajstić information content (AvgIpc) is 2.83. The molecule has 0 spiro atoms. The van der Waals surface area contributed by atoms with E-state index in [1.807, 2.05) is 11.6 Å². The zero-order valence-corrected chi connectivity index (χ0v) is 12.6. The molecule has 0 aliphatic heterocycles. The van der Waals surface area contributed by atoms with E-state index in [9.17, 15) is 0 Å². The number of anilines is 1. The number of imidazole rings is 1. The Morgan fingerprint density at radius 1 is 1.21 bits per heavy atom. The molecule has 0 amide bonds. The minimum absolute atomic E-state index is 0.355. The van der Waals surface area contributed by atoms with Crippen molar-refractivity contribution in [2.75, 3.05) is 5.73 Å². The minimum atomic E-state index is 0.355. The van der Waals surface area contributed by atoms with Gasteiger partial charge < -0.3 is 5.73 Å². The zero-order chi connectivity index (χ0) is 14.2. The second kappa shape index (κ2) is 5.23. The van der Waals surface area contributed by atoms with Crippen molar-refractivity contribution in [3.8, 4) is 0 Å². The van der Waals surface area contributed by atoms with E-state index in [1.165, 1.54) is 6.42 Å². The van der Waals surface area contributed by atoms with Crippen LogP contribution in [0.25, 0.3) is 11.2 Å². The lowest BCUT2D eigenvalue weighted by Crippen LogP contribution is -2.13. The van der Waals surface area contributed by atoms with Gasteiger partial charge in [0, 0.05) is 12.6 Å². The smallest absolute Gasteiger partial charge is 0.202 e. The number of hydrogen-bond donors (Lipinski definition) is 1. The minimum Gasteiger partial charge on any atom is -0.369 e. The first-order chi connectivity index (χ1) is 8.95. The third kappa shape index (κ3) is 2.46. The summed E-state index contributed by atoms with van der Waals surface area (Å²) in [5.74, 6) is 1.31. The first-order valence-corrected chi connectivity index (χ1v) is 7.16. The van der Waals surface area contributed by atoms with Crippen LogP contribution >= 0.6 is 0 Å². The van der Waals surface area contributed by atoms with Crippen LogP contribution in [0.4, 0.5) is 5.95 Å². The fourth-order valence-electron chi connectivity index (χ4n) is 2.56. The van der Waals surface area contributed by atoms with Crippen molar-refractivity contribution in [2.45, 2.75) is 60.0 Å². The lowest BCUT2D eigenvalue weighted by atomic mass is 10.0. The van der Waals surface area contributed by atoms with Crippen LogP contribution in [0.15, 0.2) is 0 Å². The lowest BCUT2D eigenvalue weighted by molar-refractivity contribution is 0.443. The molecule has 19 heavy (non-hydrogen) atoms. The molecule has 2 rings (SSSR count). The quantitative estimate of drug-likeness (QED) is 0.901. The molecule has 2 aromatic heterocycles. The van der Waals surface area contributed by atoms with E-state index >= 15 is 0 Å². The van der Waals surface area contributed by atoms with Crippen LogP contribution in [-0.2, 0) is 6.54 Å². The summed E-state index contributed by atoms with van der Waals surface area (Å²) in [5, 5.41) is 4.53. The van der Waals surface area contributed by atoms with E-state index < -0.39 is 0 Å². The molecule has 5 nitrogen and oxygen atoms in total. The van der Waals surface area contributed by atoms with Crippen molar-refractivity contribution in [2.24, 2.45) is 5.92 Å². The molecule has 1 unspecified atom stereocenters. The van der Waals surface area contributed by atoms with Gasteiger partial charge >= 0.3 is 0 Å². The third-order valence-corrected chi connectivity index (χ3v) is 3.67. The zero-order valence-electron chi connectivity index (χ0n) is 12.6. The normalized spacial score (nSPS) is 13.6. The Balaban J connectivity index is 2.43. The first kappa shape index (κ1) is 13.9. The van der Waals surface area contributed by atoms with Gasteiger partial charge in [-0.05, 0) is 39.5 Å². The second-order valence-electron chi connectivity index (χ2n) is 5.73. The number of aromatic nitrogens is 4. The van der Waals surface area contributed by atoms with E-state index in [0.29, 0.717) is 17.9 Å². The third-order valence-electron chi connectivity index (χ3n) is 3.67. The van der Waals surface area contributed by atoms with Crippen LogP contribution in [0, 0.1) is 12.8 Å². The Hall–Kier alpha value is -1.52. The second-order valence-corrected chi connectivity index (χ2v) is 5.73. The van der Waals surface area contributed by atoms with Crippen molar-refractivity contribution < 1.29 is 0 Å². The highest BCUT2D eigenvalue weighted by atomic mass is 15.4. The molecule has 0 bridgehead atoms. The maximum atomic E-state index is 6.11. The van der Waals surface area contributed by atoms with Gasteiger partial charge in [-0.15, -0.1) is 0 Å². The molecule has 106 valence electrons. The van der Waals surface area contributed by atoms with Gasteiger partial charge in [-0.1, -0.05) is 13.8 Å². The molecule has 2 N–H and O–H groups in total. The fourth-order valence-corrected chi connectivity index (χ4v) is 2.56. The largest absolute Gasteiger partial charge is 0.369 e. The molecule has 5 heteroatoms. The van der Waals surface area contributed by atoms with Crippen molar-refractivity contribution in [1.29, 1.82) is 0 Å².